The normalized spacial score (nSPS) is 10.9. The van der Waals surface area contributed by atoms with E-state index in [1.165, 1.54) is 6.07 Å². The van der Waals surface area contributed by atoms with Gasteiger partial charge in [0.05, 0.1) is 17.3 Å². The summed E-state index contributed by atoms with van der Waals surface area (Å²) >= 11 is 11.7. The molecule has 104 valence electrons. The Kier molecular flexibility index (Phi) is 4.88. The molecule has 1 N–H and O–H groups in total. The summed E-state index contributed by atoms with van der Waals surface area (Å²) in [6.07, 6.45) is 3.55. The summed E-state index contributed by atoms with van der Waals surface area (Å²) < 4.78 is 5.52. The highest BCUT2D eigenvalue weighted by Gasteiger charge is 2.03. The van der Waals surface area contributed by atoms with Gasteiger partial charge in [-0.25, -0.2) is 0 Å². The Balaban J connectivity index is 2.35. The van der Waals surface area contributed by atoms with Crippen molar-refractivity contribution in [1.29, 1.82) is 0 Å². The molecule has 0 spiro atoms. The maximum atomic E-state index is 11.5. The summed E-state index contributed by atoms with van der Waals surface area (Å²) in [5.74, 6) is 0.777. The highest BCUT2D eigenvalue weighted by atomic mass is 35.5. The van der Waals surface area contributed by atoms with Crippen molar-refractivity contribution >= 4 is 35.4 Å². The van der Waals surface area contributed by atoms with Crippen LogP contribution in [0.3, 0.4) is 0 Å². The minimum atomic E-state index is -0.367. The molecule has 0 saturated carbocycles. The van der Waals surface area contributed by atoms with Gasteiger partial charge in [-0.2, -0.15) is 0 Å². The lowest BCUT2D eigenvalue weighted by Gasteiger charge is -2.06. The summed E-state index contributed by atoms with van der Waals surface area (Å²) in [4.78, 5) is 14.1. The molecule has 1 heterocycles. The van der Waals surface area contributed by atoms with Crippen LogP contribution in [-0.2, 0) is 0 Å². The number of aromatic nitrogens is 1. The summed E-state index contributed by atoms with van der Waals surface area (Å²) in [5.41, 5.74) is 1.04. The van der Waals surface area contributed by atoms with E-state index in [2.05, 4.69) is 4.98 Å². The Morgan fingerprint density at radius 3 is 2.70 bits per heavy atom. The van der Waals surface area contributed by atoms with Crippen LogP contribution < -0.4 is 10.3 Å². The van der Waals surface area contributed by atoms with E-state index >= 15 is 0 Å². The van der Waals surface area contributed by atoms with E-state index in [4.69, 9.17) is 27.9 Å². The molecule has 2 rings (SSSR count). The van der Waals surface area contributed by atoms with Crippen LogP contribution in [0.5, 0.6) is 5.75 Å². The van der Waals surface area contributed by atoms with Crippen LogP contribution in [0.2, 0.25) is 10.0 Å². The average molecular weight is 310 g/mol. The van der Waals surface area contributed by atoms with Gasteiger partial charge in [0.1, 0.15) is 10.8 Å². The van der Waals surface area contributed by atoms with Crippen molar-refractivity contribution in [3.05, 3.63) is 62.0 Å². The van der Waals surface area contributed by atoms with Gasteiger partial charge in [0, 0.05) is 5.56 Å². The minimum absolute atomic E-state index is 0.0712. The smallest absolute Gasteiger partial charge is 0.267 e. The lowest BCUT2D eigenvalue weighted by Crippen LogP contribution is -2.07. The first-order valence-electron chi connectivity index (χ1n) is 6.10. The number of pyridine rings is 1. The van der Waals surface area contributed by atoms with Crippen LogP contribution in [-0.4, -0.2) is 11.6 Å². The molecule has 0 bridgehead atoms. The fraction of sp³-hybridized carbons (Fsp3) is 0.133. The second-order valence-corrected chi connectivity index (χ2v) is 4.83. The van der Waals surface area contributed by atoms with Gasteiger partial charge in [-0.05, 0) is 31.2 Å². The largest absolute Gasteiger partial charge is 0.493 e. The molecule has 0 amide bonds. The van der Waals surface area contributed by atoms with Gasteiger partial charge in [0.25, 0.3) is 5.56 Å². The van der Waals surface area contributed by atoms with E-state index in [9.17, 15) is 4.79 Å². The molecule has 5 heteroatoms. The molecule has 2 aromatic rings. The maximum Gasteiger partial charge on any atom is 0.267 e. The number of hydrogen-bond acceptors (Lipinski definition) is 2. The summed E-state index contributed by atoms with van der Waals surface area (Å²) in [6, 6.07) is 9.04. The van der Waals surface area contributed by atoms with Crippen molar-refractivity contribution in [2.45, 2.75) is 6.92 Å². The molecule has 0 radical (unpaired) electrons. The molecule has 1 aromatic carbocycles. The van der Waals surface area contributed by atoms with E-state index in [0.29, 0.717) is 17.3 Å². The average Bonchev–Trinajstić information content (AvgIpc) is 2.43. The lowest BCUT2D eigenvalue weighted by atomic mass is 10.1. The van der Waals surface area contributed by atoms with E-state index in [1.807, 2.05) is 37.3 Å². The van der Waals surface area contributed by atoms with Gasteiger partial charge in [-0.15, -0.1) is 0 Å². The highest BCUT2D eigenvalue weighted by Crippen LogP contribution is 2.22. The second-order valence-electron chi connectivity index (χ2n) is 4.01. The Hall–Kier alpha value is -1.71. The minimum Gasteiger partial charge on any atom is -0.493 e. The topological polar surface area (TPSA) is 42.1 Å². The fourth-order valence-corrected chi connectivity index (χ4v) is 2.13. The molecule has 0 aliphatic rings. The Morgan fingerprint density at radius 2 is 1.95 bits per heavy atom. The number of ether oxygens (including phenoxy) is 1. The van der Waals surface area contributed by atoms with Crippen molar-refractivity contribution in [3.8, 4) is 5.75 Å². The van der Waals surface area contributed by atoms with Crippen molar-refractivity contribution < 1.29 is 4.74 Å². The van der Waals surface area contributed by atoms with Crippen molar-refractivity contribution in [2.24, 2.45) is 0 Å². The molecular weight excluding hydrogens is 297 g/mol. The summed E-state index contributed by atoms with van der Waals surface area (Å²) in [5, 5.41) is 0.460. The number of para-hydroxylation sites is 1. The Labute approximate surface area is 126 Å². The standard InChI is InChI=1S/C15H13Cl2NO2/c1-2-20-14-6-4-3-5-10(14)7-8-13-11(16)9-12(17)15(19)18-13/h3-9H,2H2,1H3,(H,18,19)/b8-7+. The number of aromatic amines is 1. The molecule has 20 heavy (non-hydrogen) atoms. The molecule has 0 unspecified atom stereocenters. The predicted octanol–water partition coefficient (Wildman–Crippen LogP) is 4.25. The molecule has 1 aromatic heterocycles. The molecule has 0 saturated heterocycles. The lowest BCUT2D eigenvalue weighted by molar-refractivity contribution is 0.339. The quantitative estimate of drug-likeness (QED) is 0.917. The van der Waals surface area contributed by atoms with E-state index in [1.54, 1.807) is 6.08 Å². The second kappa shape index (κ2) is 6.64. The molecule has 0 aliphatic heterocycles. The van der Waals surface area contributed by atoms with Gasteiger partial charge in [0.15, 0.2) is 0 Å². The molecule has 3 nitrogen and oxygen atoms in total. The monoisotopic (exact) mass is 309 g/mol. The number of benzene rings is 1. The summed E-state index contributed by atoms with van der Waals surface area (Å²) in [7, 11) is 0. The van der Waals surface area contributed by atoms with E-state index < -0.39 is 0 Å². The Bertz CT molecular complexity index is 693. The number of nitrogens with one attached hydrogen (secondary N) is 1. The zero-order valence-electron chi connectivity index (χ0n) is 10.8. The third-order valence-corrected chi connectivity index (χ3v) is 3.22. The molecule has 0 aliphatic carbocycles. The summed E-state index contributed by atoms with van der Waals surface area (Å²) in [6.45, 7) is 2.51. The first kappa shape index (κ1) is 14.7. The van der Waals surface area contributed by atoms with Crippen molar-refractivity contribution in [1.82, 2.24) is 4.98 Å². The Morgan fingerprint density at radius 1 is 1.20 bits per heavy atom. The highest BCUT2D eigenvalue weighted by molar-refractivity contribution is 6.35. The number of H-pyrrole nitrogens is 1. The third kappa shape index (κ3) is 3.44. The van der Waals surface area contributed by atoms with Crippen LogP contribution in [0.15, 0.2) is 35.1 Å². The van der Waals surface area contributed by atoms with E-state index in [0.717, 1.165) is 11.3 Å². The zero-order valence-corrected chi connectivity index (χ0v) is 12.3. The maximum absolute atomic E-state index is 11.5. The van der Waals surface area contributed by atoms with Crippen LogP contribution in [0, 0.1) is 0 Å². The SMILES string of the molecule is CCOc1ccccc1/C=C/c1[nH]c(=O)c(Cl)cc1Cl. The van der Waals surface area contributed by atoms with Crippen molar-refractivity contribution in [2.75, 3.05) is 6.61 Å². The molecule has 0 fully saturated rings. The van der Waals surface area contributed by atoms with Crippen LogP contribution >= 0.6 is 23.2 Å². The number of halogens is 2. The molecular formula is C15H13Cl2NO2. The first-order valence-corrected chi connectivity index (χ1v) is 6.85. The van der Waals surface area contributed by atoms with Gasteiger partial charge in [-0.1, -0.05) is 41.4 Å². The zero-order chi connectivity index (χ0) is 14.5. The van der Waals surface area contributed by atoms with Crippen molar-refractivity contribution in [3.63, 3.8) is 0 Å². The number of hydrogen-bond donors (Lipinski definition) is 1. The van der Waals surface area contributed by atoms with Gasteiger partial charge < -0.3 is 9.72 Å². The van der Waals surface area contributed by atoms with Crippen LogP contribution in [0.1, 0.15) is 18.2 Å². The first-order chi connectivity index (χ1) is 9.61. The third-order valence-electron chi connectivity index (χ3n) is 2.62. The van der Waals surface area contributed by atoms with E-state index in [-0.39, 0.29) is 10.6 Å². The van der Waals surface area contributed by atoms with Crippen LogP contribution in [0.25, 0.3) is 12.2 Å². The van der Waals surface area contributed by atoms with Gasteiger partial charge in [-0.3, -0.25) is 4.79 Å². The fourth-order valence-electron chi connectivity index (χ4n) is 1.70. The number of rotatable bonds is 4. The van der Waals surface area contributed by atoms with Crippen LogP contribution in [0.4, 0.5) is 0 Å². The predicted molar refractivity (Wildman–Crippen MR) is 83.6 cm³/mol. The van der Waals surface area contributed by atoms with Gasteiger partial charge >= 0.3 is 0 Å². The molecule has 0 atom stereocenters. The van der Waals surface area contributed by atoms with Gasteiger partial charge in [0.2, 0.25) is 0 Å².